The standard InChI is InChI=1S/C12H9ClN2O4S/c1-18-12(17)19-8-4-5-14-6-7(8)15-11(16)9-2-3-10(13)20-9/h2-6H,1H3,(H,15,16). The van der Waals surface area contributed by atoms with Crippen molar-refractivity contribution in [2.75, 3.05) is 12.4 Å². The van der Waals surface area contributed by atoms with Gasteiger partial charge in [0.05, 0.1) is 22.5 Å². The number of nitrogens with zero attached hydrogens (tertiary/aromatic N) is 1. The van der Waals surface area contributed by atoms with Gasteiger partial charge in [-0.25, -0.2) is 4.79 Å². The number of carbonyl (C=O) groups excluding carboxylic acids is 2. The molecule has 2 aromatic rings. The zero-order chi connectivity index (χ0) is 14.5. The van der Waals surface area contributed by atoms with Crippen molar-refractivity contribution in [3.05, 3.63) is 39.8 Å². The van der Waals surface area contributed by atoms with E-state index in [2.05, 4.69) is 15.0 Å². The average molecular weight is 313 g/mol. The molecule has 0 aliphatic rings. The lowest BCUT2D eigenvalue weighted by Gasteiger charge is -2.09. The molecule has 20 heavy (non-hydrogen) atoms. The van der Waals surface area contributed by atoms with Crippen LogP contribution >= 0.6 is 22.9 Å². The van der Waals surface area contributed by atoms with Crippen LogP contribution in [-0.4, -0.2) is 24.2 Å². The number of carbonyl (C=O) groups is 2. The fourth-order valence-corrected chi connectivity index (χ4v) is 2.25. The minimum atomic E-state index is -0.883. The van der Waals surface area contributed by atoms with Crippen molar-refractivity contribution in [3.63, 3.8) is 0 Å². The summed E-state index contributed by atoms with van der Waals surface area (Å²) in [5, 5.41) is 2.59. The minimum absolute atomic E-state index is 0.142. The number of anilines is 1. The van der Waals surface area contributed by atoms with Crippen molar-refractivity contribution in [1.82, 2.24) is 4.98 Å². The Bertz CT molecular complexity index is 644. The van der Waals surface area contributed by atoms with E-state index < -0.39 is 6.16 Å². The van der Waals surface area contributed by atoms with Crippen LogP contribution in [0.15, 0.2) is 30.6 Å². The van der Waals surface area contributed by atoms with E-state index in [1.54, 1.807) is 12.1 Å². The number of hydrogen-bond acceptors (Lipinski definition) is 6. The maximum absolute atomic E-state index is 12.0. The molecule has 0 aromatic carbocycles. The Balaban J connectivity index is 2.16. The van der Waals surface area contributed by atoms with E-state index in [0.29, 0.717) is 9.21 Å². The van der Waals surface area contributed by atoms with Crippen molar-refractivity contribution in [3.8, 4) is 5.75 Å². The Morgan fingerprint density at radius 2 is 2.15 bits per heavy atom. The Morgan fingerprint density at radius 3 is 2.80 bits per heavy atom. The molecular weight excluding hydrogens is 304 g/mol. The fourth-order valence-electron chi connectivity index (χ4n) is 1.32. The Labute approximate surface area is 123 Å². The van der Waals surface area contributed by atoms with Crippen LogP contribution < -0.4 is 10.1 Å². The number of rotatable bonds is 3. The first-order chi connectivity index (χ1) is 9.60. The summed E-state index contributed by atoms with van der Waals surface area (Å²) in [6.07, 6.45) is 1.91. The highest BCUT2D eigenvalue weighted by Crippen LogP contribution is 2.26. The number of hydrogen-bond donors (Lipinski definition) is 1. The molecule has 0 saturated carbocycles. The summed E-state index contributed by atoms with van der Waals surface area (Å²) in [6.45, 7) is 0. The van der Waals surface area contributed by atoms with E-state index in [4.69, 9.17) is 16.3 Å². The Hall–Kier alpha value is -2.12. The first-order valence-corrected chi connectivity index (χ1v) is 6.56. The largest absolute Gasteiger partial charge is 0.513 e. The van der Waals surface area contributed by atoms with Gasteiger partial charge >= 0.3 is 6.16 Å². The number of pyridine rings is 1. The third kappa shape index (κ3) is 3.46. The van der Waals surface area contributed by atoms with E-state index in [-0.39, 0.29) is 17.3 Å². The number of methoxy groups -OCH3 is 1. The zero-order valence-electron chi connectivity index (χ0n) is 10.3. The number of ether oxygens (including phenoxy) is 2. The second kappa shape index (κ2) is 6.36. The SMILES string of the molecule is COC(=O)Oc1ccncc1NC(=O)c1ccc(Cl)s1. The minimum Gasteiger partial charge on any atom is -0.437 e. The molecule has 2 rings (SSSR count). The molecule has 0 unspecified atom stereocenters. The van der Waals surface area contributed by atoms with Gasteiger partial charge in [-0.15, -0.1) is 11.3 Å². The van der Waals surface area contributed by atoms with Crippen LogP contribution in [0.25, 0.3) is 0 Å². The number of aromatic nitrogens is 1. The van der Waals surface area contributed by atoms with Crippen LogP contribution in [-0.2, 0) is 4.74 Å². The molecule has 104 valence electrons. The van der Waals surface area contributed by atoms with Crippen molar-refractivity contribution in [2.45, 2.75) is 0 Å². The van der Waals surface area contributed by atoms with E-state index in [1.165, 1.54) is 25.6 Å². The molecule has 0 aliphatic heterocycles. The molecule has 0 radical (unpaired) electrons. The van der Waals surface area contributed by atoms with Crippen LogP contribution in [0, 0.1) is 0 Å². The van der Waals surface area contributed by atoms with E-state index in [0.717, 1.165) is 11.3 Å². The van der Waals surface area contributed by atoms with Gasteiger partial charge in [-0.3, -0.25) is 9.78 Å². The van der Waals surface area contributed by atoms with Crippen LogP contribution in [0.2, 0.25) is 4.34 Å². The van der Waals surface area contributed by atoms with Crippen LogP contribution in [0.4, 0.5) is 10.5 Å². The van der Waals surface area contributed by atoms with Gasteiger partial charge in [0.1, 0.15) is 5.69 Å². The second-order valence-electron chi connectivity index (χ2n) is 3.49. The summed E-state index contributed by atoms with van der Waals surface area (Å²) in [6, 6.07) is 4.66. The summed E-state index contributed by atoms with van der Waals surface area (Å²) in [5.74, 6) is -0.229. The van der Waals surface area contributed by atoms with Gasteiger partial charge in [-0.1, -0.05) is 11.6 Å². The highest BCUT2D eigenvalue weighted by molar-refractivity contribution is 7.18. The van der Waals surface area contributed by atoms with Gasteiger partial charge in [-0.05, 0) is 12.1 Å². The maximum atomic E-state index is 12.0. The van der Waals surface area contributed by atoms with E-state index in [9.17, 15) is 9.59 Å². The van der Waals surface area contributed by atoms with Crippen LogP contribution in [0.1, 0.15) is 9.67 Å². The number of thiophene rings is 1. The predicted molar refractivity (Wildman–Crippen MR) is 74.6 cm³/mol. The number of nitrogens with one attached hydrogen (secondary N) is 1. The first-order valence-electron chi connectivity index (χ1n) is 5.36. The summed E-state index contributed by atoms with van der Waals surface area (Å²) < 4.78 is 9.80. The van der Waals surface area contributed by atoms with Crippen molar-refractivity contribution in [2.24, 2.45) is 0 Å². The van der Waals surface area contributed by atoms with Gasteiger partial charge in [0.2, 0.25) is 0 Å². The number of amides is 1. The van der Waals surface area contributed by atoms with Crippen LogP contribution in [0.5, 0.6) is 5.75 Å². The van der Waals surface area contributed by atoms with Crippen molar-refractivity contribution < 1.29 is 19.1 Å². The monoisotopic (exact) mass is 312 g/mol. The Kier molecular flexibility index (Phi) is 4.54. The Morgan fingerprint density at radius 1 is 1.35 bits per heavy atom. The smallest absolute Gasteiger partial charge is 0.437 e. The second-order valence-corrected chi connectivity index (χ2v) is 5.20. The maximum Gasteiger partial charge on any atom is 0.513 e. The molecule has 8 heteroatoms. The van der Waals surface area contributed by atoms with Gasteiger partial charge in [-0.2, -0.15) is 0 Å². The normalized spacial score (nSPS) is 9.90. The van der Waals surface area contributed by atoms with Gasteiger partial charge in [0.25, 0.3) is 5.91 Å². The van der Waals surface area contributed by atoms with Gasteiger partial charge < -0.3 is 14.8 Å². The molecule has 6 nitrogen and oxygen atoms in total. The molecule has 0 spiro atoms. The molecule has 0 fully saturated rings. The lowest BCUT2D eigenvalue weighted by atomic mass is 10.3. The topological polar surface area (TPSA) is 77.5 Å². The van der Waals surface area contributed by atoms with Crippen molar-refractivity contribution >= 4 is 40.7 Å². The molecule has 0 atom stereocenters. The predicted octanol–water partition coefficient (Wildman–Crippen LogP) is 3.19. The molecular formula is C12H9ClN2O4S. The molecule has 1 N–H and O–H groups in total. The van der Waals surface area contributed by atoms with Crippen molar-refractivity contribution in [1.29, 1.82) is 0 Å². The van der Waals surface area contributed by atoms with Gasteiger partial charge in [0, 0.05) is 12.3 Å². The first kappa shape index (κ1) is 14.3. The van der Waals surface area contributed by atoms with E-state index in [1.807, 2.05) is 0 Å². The summed E-state index contributed by atoms with van der Waals surface area (Å²) in [4.78, 5) is 27.4. The molecule has 1 amide bonds. The number of halogens is 1. The average Bonchev–Trinajstić information content (AvgIpc) is 2.87. The third-order valence-corrected chi connectivity index (χ3v) is 3.42. The summed E-state index contributed by atoms with van der Waals surface area (Å²) in [7, 11) is 1.19. The third-order valence-electron chi connectivity index (χ3n) is 2.19. The molecule has 0 saturated heterocycles. The lowest BCUT2D eigenvalue weighted by molar-refractivity contribution is 0.102. The summed E-state index contributed by atoms with van der Waals surface area (Å²) >= 11 is 6.91. The fraction of sp³-hybridized carbons (Fsp3) is 0.0833. The quantitative estimate of drug-likeness (QED) is 0.881. The lowest BCUT2D eigenvalue weighted by Crippen LogP contribution is -2.14. The van der Waals surface area contributed by atoms with Crippen LogP contribution in [0.3, 0.4) is 0 Å². The van der Waals surface area contributed by atoms with E-state index >= 15 is 0 Å². The molecule has 2 heterocycles. The zero-order valence-corrected chi connectivity index (χ0v) is 11.8. The highest BCUT2D eigenvalue weighted by Gasteiger charge is 2.14. The molecule has 0 aliphatic carbocycles. The van der Waals surface area contributed by atoms with Gasteiger partial charge in [0.15, 0.2) is 5.75 Å². The molecule has 2 aromatic heterocycles. The summed E-state index contributed by atoms with van der Waals surface area (Å²) in [5.41, 5.74) is 0.257. The highest BCUT2D eigenvalue weighted by atomic mass is 35.5. The molecule has 0 bridgehead atoms.